The van der Waals surface area contributed by atoms with Crippen molar-refractivity contribution in [1.82, 2.24) is 9.13 Å². The van der Waals surface area contributed by atoms with E-state index in [-0.39, 0.29) is 0 Å². The first kappa shape index (κ1) is 32.8. The molecule has 268 valence electrons. The van der Waals surface area contributed by atoms with Crippen molar-refractivity contribution in [2.75, 3.05) is 4.90 Å². The molecule has 0 atom stereocenters. The SMILES string of the molecule is c1ccc(-c2ccccc2N(c2ccccc2)c2ccc(-n3c4ccccc4c4cc(-c5ccc6c(c5)c5ccccc5n6-c5ccccc5)ccc43)cc2)cc1. The zero-order valence-electron chi connectivity index (χ0n) is 31.2. The molecule has 3 nitrogen and oxygen atoms in total. The molecule has 2 heterocycles. The molecule has 57 heavy (non-hydrogen) atoms. The van der Waals surface area contributed by atoms with Crippen LogP contribution in [0.15, 0.2) is 224 Å². The Morgan fingerprint density at radius 1 is 0.281 bits per heavy atom. The van der Waals surface area contributed by atoms with Gasteiger partial charge in [0.15, 0.2) is 0 Å². The zero-order valence-corrected chi connectivity index (χ0v) is 31.2. The predicted molar refractivity (Wildman–Crippen MR) is 241 cm³/mol. The quantitative estimate of drug-likeness (QED) is 0.159. The molecular weight excluding hydrogens is 691 g/mol. The summed E-state index contributed by atoms with van der Waals surface area (Å²) < 4.78 is 4.78. The summed E-state index contributed by atoms with van der Waals surface area (Å²) >= 11 is 0. The summed E-state index contributed by atoms with van der Waals surface area (Å²) in [5.74, 6) is 0. The average molecular weight is 728 g/mol. The summed E-state index contributed by atoms with van der Waals surface area (Å²) in [5, 5.41) is 4.99. The van der Waals surface area contributed by atoms with Crippen molar-refractivity contribution < 1.29 is 0 Å². The molecule has 0 amide bonds. The van der Waals surface area contributed by atoms with Gasteiger partial charge in [-0.1, -0.05) is 133 Å². The number of benzene rings is 9. The molecule has 11 rings (SSSR count). The second kappa shape index (κ2) is 13.6. The number of anilines is 3. The van der Waals surface area contributed by atoms with E-state index in [2.05, 4.69) is 238 Å². The van der Waals surface area contributed by atoms with Gasteiger partial charge in [-0.2, -0.15) is 0 Å². The van der Waals surface area contributed by atoms with Crippen LogP contribution in [0.2, 0.25) is 0 Å². The maximum Gasteiger partial charge on any atom is 0.0541 e. The van der Waals surface area contributed by atoms with Crippen molar-refractivity contribution in [3.05, 3.63) is 224 Å². The summed E-state index contributed by atoms with van der Waals surface area (Å²) in [6, 6.07) is 81.0. The number of hydrogen-bond acceptors (Lipinski definition) is 1. The third kappa shape index (κ3) is 5.51. The van der Waals surface area contributed by atoms with E-state index in [1.54, 1.807) is 0 Å². The molecule has 0 fully saturated rings. The van der Waals surface area contributed by atoms with E-state index in [0.29, 0.717) is 0 Å². The molecule has 0 aliphatic rings. The molecule has 0 bridgehead atoms. The molecule has 0 aliphatic carbocycles. The standard InChI is InChI=1S/C54H37N3/c1-4-16-38(17-5-1)45-22-10-13-25-50(45)55(41-18-6-2-7-19-41)43-30-32-44(33-31-43)57-52-27-15-12-24-47(52)49-37-40(29-35-54(49)57)39-28-34-53-48(36-39)46-23-11-14-26-51(46)56(53)42-20-8-3-9-21-42/h1-37H. The second-order valence-electron chi connectivity index (χ2n) is 14.6. The van der Waals surface area contributed by atoms with Crippen LogP contribution in [0.1, 0.15) is 0 Å². The Labute approximate surface area is 331 Å². The highest BCUT2D eigenvalue weighted by molar-refractivity contribution is 6.12. The van der Waals surface area contributed by atoms with Gasteiger partial charge < -0.3 is 14.0 Å². The number of aromatic nitrogens is 2. The number of hydrogen-bond donors (Lipinski definition) is 0. The van der Waals surface area contributed by atoms with Gasteiger partial charge in [0.25, 0.3) is 0 Å². The Morgan fingerprint density at radius 3 is 1.32 bits per heavy atom. The molecule has 0 saturated heterocycles. The van der Waals surface area contributed by atoms with Crippen molar-refractivity contribution in [1.29, 1.82) is 0 Å². The minimum atomic E-state index is 1.10. The van der Waals surface area contributed by atoms with Gasteiger partial charge in [0.1, 0.15) is 0 Å². The lowest BCUT2D eigenvalue weighted by molar-refractivity contribution is 1.17. The Bertz CT molecular complexity index is 3210. The lowest BCUT2D eigenvalue weighted by Crippen LogP contribution is -2.11. The van der Waals surface area contributed by atoms with Crippen molar-refractivity contribution in [2.45, 2.75) is 0 Å². The second-order valence-corrected chi connectivity index (χ2v) is 14.6. The summed E-state index contributed by atoms with van der Waals surface area (Å²) in [7, 11) is 0. The highest BCUT2D eigenvalue weighted by atomic mass is 15.1. The highest BCUT2D eigenvalue weighted by Gasteiger charge is 2.19. The average Bonchev–Trinajstić information content (AvgIpc) is 3.80. The van der Waals surface area contributed by atoms with Crippen molar-refractivity contribution in [2.24, 2.45) is 0 Å². The van der Waals surface area contributed by atoms with Crippen LogP contribution in [0.4, 0.5) is 17.1 Å². The normalized spacial score (nSPS) is 11.5. The van der Waals surface area contributed by atoms with Crippen LogP contribution in [0.5, 0.6) is 0 Å². The van der Waals surface area contributed by atoms with E-state index in [0.717, 1.165) is 22.7 Å². The van der Waals surface area contributed by atoms with E-state index < -0.39 is 0 Å². The monoisotopic (exact) mass is 727 g/mol. The van der Waals surface area contributed by atoms with Crippen molar-refractivity contribution >= 4 is 60.7 Å². The van der Waals surface area contributed by atoms with Crippen LogP contribution < -0.4 is 4.90 Å². The van der Waals surface area contributed by atoms with Gasteiger partial charge in [0.05, 0.1) is 27.8 Å². The molecule has 0 radical (unpaired) electrons. The molecule has 0 spiro atoms. The Kier molecular flexibility index (Phi) is 7.82. The minimum absolute atomic E-state index is 1.10. The smallest absolute Gasteiger partial charge is 0.0541 e. The molecule has 0 N–H and O–H groups in total. The molecule has 2 aromatic heterocycles. The number of para-hydroxylation sites is 5. The fourth-order valence-electron chi connectivity index (χ4n) is 8.72. The molecule has 11 aromatic rings. The summed E-state index contributed by atoms with van der Waals surface area (Å²) in [5.41, 5.74) is 15.2. The van der Waals surface area contributed by atoms with E-state index >= 15 is 0 Å². The first-order chi connectivity index (χ1) is 28.3. The van der Waals surface area contributed by atoms with Crippen LogP contribution in [0, 0.1) is 0 Å². The summed E-state index contributed by atoms with van der Waals surface area (Å²) in [6.07, 6.45) is 0. The summed E-state index contributed by atoms with van der Waals surface area (Å²) in [4.78, 5) is 2.36. The molecule has 0 saturated carbocycles. The van der Waals surface area contributed by atoms with Gasteiger partial charge in [-0.25, -0.2) is 0 Å². The number of nitrogens with zero attached hydrogens (tertiary/aromatic N) is 3. The van der Waals surface area contributed by atoms with Gasteiger partial charge in [0, 0.05) is 49.9 Å². The van der Waals surface area contributed by atoms with E-state index in [9.17, 15) is 0 Å². The largest absolute Gasteiger partial charge is 0.310 e. The zero-order chi connectivity index (χ0) is 37.7. The van der Waals surface area contributed by atoms with E-state index in [1.807, 2.05) is 0 Å². The lowest BCUT2D eigenvalue weighted by Gasteiger charge is -2.28. The fourth-order valence-corrected chi connectivity index (χ4v) is 8.72. The summed E-state index contributed by atoms with van der Waals surface area (Å²) in [6.45, 7) is 0. The van der Waals surface area contributed by atoms with E-state index in [4.69, 9.17) is 0 Å². The van der Waals surface area contributed by atoms with Gasteiger partial charge in [-0.15, -0.1) is 0 Å². The van der Waals surface area contributed by atoms with Crippen LogP contribution >= 0.6 is 0 Å². The number of fused-ring (bicyclic) bond motifs is 6. The van der Waals surface area contributed by atoms with Gasteiger partial charge in [0.2, 0.25) is 0 Å². The van der Waals surface area contributed by atoms with Crippen molar-refractivity contribution in [3.8, 4) is 33.6 Å². The molecule has 9 aromatic carbocycles. The Hall–Kier alpha value is -7.62. The molecule has 3 heteroatoms. The molecule has 0 aliphatic heterocycles. The van der Waals surface area contributed by atoms with Gasteiger partial charge >= 0.3 is 0 Å². The Morgan fingerprint density at radius 2 is 0.719 bits per heavy atom. The molecule has 0 unspecified atom stereocenters. The third-order valence-corrected chi connectivity index (χ3v) is 11.3. The minimum Gasteiger partial charge on any atom is -0.310 e. The van der Waals surface area contributed by atoms with Crippen LogP contribution in [0.3, 0.4) is 0 Å². The maximum absolute atomic E-state index is 2.40. The van der Waals surface area contributed by atoms with Gasteiger partial charge in [-0.05, 0) is 108 Å². The topological polar surface area (TPSA) is 13.1 Å². The van der Waals surface area contributed by atoms with Crippen LogP contribution in [0.25, 0.3) is 77.2 Å². The first-order valence-electron chi connectivity index (χ1n) is 19.5. The maximum atomic E-state index is 2.40. The highest BCUT2D eigenvalue weighted by Crippen LogP contribution is 2.42. The number of rotatable bonds is 7. The van der Waals surface area contributed by atoms with Crippen LogP contribution in [-0.2, 0) is 0 Å². The molecular formula is C54H37N3. The van der Waals surface area contributed by atoms with E-state index in [1.165, 1.54) is 71.6 Å². The first-order valence-corrected chi connectivity index (χ1v) is 19.5. The third-order valence-electron chi connectivity index (χ3n) is 11.3. The van der Waals surface area contributed by atoms with Crippen molar-refractivity contribution in [3.63, 3.8) is 0 Å². The Balaban J connectivity index is 1.02. The fraction of sp³-hybridized carbons (Fsp3) is 0. The van der Waals surface area contributed by atoms with Gasteiger partial charge in [-0.3, -0.25) is 0 Å². The van der Waals surface area contributed by atoms with Crippen LogP contribution in [-0.4, -0.2) is 9.13 Å². The lowest BCUT2D eigenvalue weighted by atomic mass is 10.0. The predicted octanol–water partition coefficient (Wildman–Crippen LogP) is 14.7.